The summed E-state index contributed by atoms with van der Waals surface area (Å²) in [5.74, 6) is 0.742. The Kier molecular flexibility index (Phi) is 6.53. The summed E-state index contributed by atoms with van der Waals surface area (Å²) in [7, 11) is 0. The first-order chi connectivity index (χ1) is 15.0. The SMILES string of the molecule is Cc1ccc(-n2c(SC(C)C(=O)NCc3cccs3)nnc2-c2ccccc2)cc1C. The molecule has 0 aliphatic rings. The molecule has 7 heteroatoms. The van der Waals surface area contributed by atoms with E-state index in [0.29, 0.717) is 11.7 Å². The van der Waals surface area contributed by atoms with Crippen LogP contribution in [0.5, 0.6) is 0 Å². The summed E-state index contributed by atoms with van der Waals surface area (Å²) in [5, 5.41) is 14.3. The van der Waals surface area contributed by atoms with Crippen molar-refractivity contribution in [1.82, 2.24) is 20.1 Å². The maximum Gasteiger partial charge on any atom is 0.233 e. The Morgan fingerprint density at radius 3 is 2.58 bits per heavy atom. The molecule has 1 N–H and O–H groups in total. The molecule has 5 nitrogen and oxygen atoms in total. The first-order valence-electron chi connectivity index (χ1n) is 10.1. The quantitative estimate of drug-likeness (QED) is 0.384. The van der Waals surface area contributed by atoms with Gasteiger partial charge in [-0.1, -0.05) is 54.2 Å². The summed E-state index contributed by atoms with van der Waals surface area (Å²) in [6, 6.07) is 20.3. The van der Waals surface area contributed by atoms with Gasteiger partial charge in [0.2, 0.25) is 5.91 Å². The van der Waals surface area contributed by atoms with Gasteiger partial charge in [-0.15, -0.1) is 21.5 Å². The molecule has 4 rings (SSSR count). The van der Waals surface area contributed by atoms with Crippen molar-refractivity contribution in [1.29, 1.82) is 0 Å². The zero-order chi connectivity index (χ0) is 21.8. The van der Waals surface area contributed by atoms with E-state index < -0.39 is 0 Å². The maximum absolute atomic E-state index is 12.7. The number of nitrogens with one attached hydrogen (secondary N) is 1. The topological polar surface area (TPSA) is 59.8 Å². The van der Waals surface area contributed by atoms with Gasteiger partial charge in [-0.3, -0.25) is 9.36 Å². The minimum absolute atomic E-state index is 0.0192. The molecule has 158 valence electrons. The van der Waals surface area contributed by atoms with Crippen LogP contribution in [0.25, 0.3) is 17.1 Å². The number of carbonyl (C=O) groups is 1. The molecule has 0 radical (unpaired) electrons. The van der Waals surface area contributed by atoms with E-state index in [4.69, 9.17) is 0 Å². The second-order valence-corrected chi connectivity index (χ2v) is 9.67. The van der Waals surface area contributed by atoms with E-state index in [0.717, 1.165) is 22.0 Å². The highest BCUT2D eigenvalue weighted by molar-refractivity contribution is 8.00. The van der Waals surface area contributed by atoms with Gasteiger partial charge in [0.15, 0.2) is 11.0 Å². The third-order valence-electron chi connectivity index (χ3n) is 5.08. The number of thioether (sulfide) groups is 1. The fourth-order valence-corrected chi connectivity index (χ4v) is 4.70. The zero-order valence-corrected chi connectivity index (χ0v) is 19.3. The molecule has 1 atom stereocenters. The van der Waals surface area contributed by atoms with Crippen LogP contribution in [0, 0.1) is 13.8 Å². The van der Waals surface area contributed by atoms with Crippen LogP contribution in [0.2, 0.25) is 0 Å². The number of nitrogens with zero attached hydrogens (tertiary/aromatic N) is 3. The van der Waals surface area contributed by atoms with Crippen LogP contribution in [0.4, 0.5) is 0 Å². The third kappa shape index (κ3) is 4.89. The Morgan fingerprint density at radius 1 is 1.06 bits per heavy atom. The van der Waals surface area contributed by atoms with Crippen LogP contribution < -0.4 is 5.32 Å². The van der Waals surface area contributed by atoms with Gasteiger partial charge in [0, 0.05) is 10.4 Å². The van der Waals surface area contributed by atoms with E-state index in [1.165, 1.54) is 22.9 Å². The second kappa shape index (κ2) is 9.49. The van der Waals surface area contributed by atoms with Gasteiger partial charge in [-0.2, -0.15) is 0 Å². The van der Waals surface area contributed by atoms with Gasteiger partial charge in [0.05, 0.1) is 17.5 Å². The highest BCUT2D eigenvalue weighted by Gasteiger charge is 2.22. The van der Waals surface area contributed by atoms with Crippen molar-refractivity contribution in [3.63, 3.8) is 0 Å². The van der Waals surface area contributed by atoms with Crippen molar-refractivity contribution in [2.24, 2.45) is 0 Å². The fourth-order valence-electron chi connectivity index (χ4n) is 3.16. The largest absolute Gasteiger partial charge is 0.350 e. The van der Waals surface area contributed by atoms with E-state index in [2.05, 4.69) is 47.6 Å². The highest BCUT2D eigenvalue weighted by Crippen LogP contribution is 2.31. The lowest BCUT2D eigenvalue weighted by Gasteiger charge is -2.15. The lowest BCUT2D eigenvalue weighted by atomic mass is 10.1. The van der Waals surface area contributed by atoms with Gasteiger partial charge in [-0.25, -0.2) is 0 Å². The Balaban J connectivity index is 1.63. The summed E-state index contributed by atoms with van der Waals surface area (Å²) in [5.41, 5.74) is 4.40. The molecule has 0 aliphatic heterocycles. The Morgan fingerprint density at radius 2 is 1.87 bits per heavy atom. The molecule has 2 heterocycles. The lowest BCUT2D eigenvalue weighted by molar-refractivity contribution is -0.120. The summed E-state index contributed by atoms with van der Waals surface area (Å²) >= 11 is 3.05. The minimum Gasteiger partial charge on any atom is -0.350 e. The summed E-state index contributed by atoms with van der Waals surface area (Å²) < 4.78 is 2.04. The third-order valence-corrected chi connectivity index (χ3v) is 7.00. The lowest BCUT2D eigenvalue weighted by Crippen LogP contribution is -2.30. The monoisotopic (exact) mass is 448 g/mol. The average Bonchev–Trinajstić information content (AvgIpc) is 3.44. The predicted octanol–water partition coefficient (Wildman–Crippen LogP) is 5.41. The molecule has 31 heavy (non-hydrogen) atoms. The Labute approximate surface area is 190 Å². The number of aryl methyl sites for hydroxylation is 2. The molecule has 1 unspecified atom stereocenters. The van der Waals surface area contributed by atoms with Crippen LogP contribution in [-0.2, 0) is 11.3 Å². The normalized spacial score (nSPS) is 12.0. The van der Waals surface area contributed by atoms with E-state index in [9.17, 15) is 4.79 Å². The molecule has 0 spiro atoms. The van der Waals surface area contributed by atoms with Crippen molar-refractivity contribution in [3.8, 4) is 17.1 Å². The Bertz CT molecular complexity index is 1170. The van der Waals surface area contributed by atoms with Crippen molar-refractivity contribution in [2.75, 3.05) is 0 Å². The first kappa shape index (κ1) is 21.3. The molecule has 4 aromatic rings. The van der Waals surface area contributed by atoms with Crippen molar-refractivity contribution in [2.45, 2.75) is 37.7 Å². The molecule has 1 amide bonds. The minimum atomic E-state index is -0.307. The van der Waals surface area contributed by atoms with Crippen molar-refractivity contribution in [3.05, 3.63) is 82.0 Å². The van der Waals surface area contributed by atoms with Crippen molar-refractivity contribution < 1.29 is 4.79 Å². The van der Waals surface area contributed by atoms with E-state index in [1.807, 2.05) is 59.3 Å². The molecule has 0 saturated carbocycles. The van der Waals surface area contributed by atoms with Crippen LogP contribution in [-0.4, -0.2) is 25.9 Å². The molecule has 0 aliphatic carbocycles. The highest BCUT2D eigenvalue weighted by atomic mass is 32.2. The van der Waals surface area contributed by atoms with Gasteiger partial charge >= 0.3 is 0 Å². The van der Waals surface area contributed by atoms with Crippen LogP contribution in [0.1, 0.15) is 22.9 Å². The van der Waals surface area contributed by atoms with Crippen molar-refractivity contribution >= 4 is 29.0 Å². The van der Waals surface area contributed by atoms with E-state index in [1.54, 1.807) is 11.3 Å². The number of amides is 1. The van der Waals surface area contributed by atoms with Gasteiger partial charge in [0.1, 0.15) is 0 Å². The van der Waals surface area contributed by atoms with E-state index in [-0.39, 0.29) is 11.2 Å². The second-order valence-electron chi connectivity index (χ2n) is 7.33. The fraction of sp³-hybridized carbons (Fsp3) is 0.208. The number of thiophene rings is 1. The van der Waals surface area contributed by atoms with Gasteiger partial charge in [-0.05, 0) is 55.5 Å². The molecule has 0 saturated heterocycles. The predicted molar refractivity (Wildman–Crippen MR) is 128 cm³/mol. The maximum atomic E-state index is 12.7. The smallest absolute Gasteiger partial charge is 0.233 e. The molecule has 2 aromatic heterocycles. The molecule has 0 fully saturated rings. The zero-order valence-electron chi connectivity index (χ0n) is 17.7. The average molecular weight is 449 g/mol. The van der Waals surface area contributed by atoms with E-state index >= 15 is 0 Å². The van der Waals surface area contributed by atoms with Crippen LogP contribution >= 0.6 is 23.1 Å². The number of carbonyl (C=O) groups excluding carboxylic acids is 1. The standard InChI is InChI=1S/C24H24N4OS2/c1-16-11-12-20(14-17(16)2)28-22(19-8-5-4-6-9-19)26-27-24(28)31-18(3)23(29)25-15-21-10-7-13-30-21/h4-14,18H,15H2,1-3H3,(H,25,29). The van der Waals surface area contributed by atoms with Gasteiger partial charge < -0.3 is 5.32 Å². The molecular weight excluding hydrogens is 424 g/mol. The molecule has 0 bridgehead atoms. The summed E-state index contributed by atoms with van der Waals surface area (Å²) in [6.07, 6.45) is 0. The number of hydrogen-bond donors (Lipinski definition) is 1. The molecule has 2 aromatic carbocycles. The number of hydrogen-bond acceptors (Lipinski definition) is 5. The number of benzene rings is 2. The summed E-state index contributed by atoms with van der Waals surface area (Å²) in [6.45, 7) is 6.63. The molecular formula is C24H24N4OS2. The van der Waals surface area contributed by atoms with Crippen LogP contribution in [0.3, 0.4) is 0 Å². The number of aromatic nitrogens is 3. The Hall–Kier alpha value is -2.90. The first-order valence-corrected chi connectivity index (χ1v) is 11.8. The van der Waals surface area contributed by atoms with Gasteiger partial charge in [0.25, 0.3) is 0 Å². The van der Waals surface area contributed by atoms with Crippen LogP contribution in [0.15, 0.2) is 71.2 Å². The number of rotatable bonds is 7. The summed E-state index contributed by atoms with van der Waals surface area (Å²) in [4.78, 5) is 13.8.